The Hall–Kier alpha value is -2.89. The number of amides is 1. The molecule has 1 saturated heterocycles. The van der Waals surface area contributed by atoms with Crippen molar-refractivity contribution in [2.75, 3.05) is 13.1 Å². The molecular formula is C20H20FNO4. The molecule has 6 heteroatoms. The minimum absolute atomic E-state index is 0.120. The third-order valence-electron chi connectivity index (χ3n) is 4.67. The fraction of sp³-hybridized carbons (Fsp3) is 0.300. The van der Waals surface area contributed by atoms with Gasteiger partial charge in [-0.25, -0.2) is 9.18 Å². The van der Waals surface area contributed by atoms with Crippen molar-refractivity contribution in [1.29, 1.82) is 0 Å². The molecule has 136 valence electrons. The Morgan fingerprint density at radius 3 is 2.15 bits per heavy atom. The Bertz CT molecular complexity index is 794. The maximum atomic E-state index is 13.0. The van der Waals surface area contributed by atoms with Crippen LogP contribution in [0.4, 0.5) is 4.39 Å². The van der Waals surface area contributed by atoms with Gasteiger partial charge in [-0.1, -0.05) is 17.7 Å². The number of hydrogen-bond donors (Lipinski definition) is 1. The van der Waals surface area contributed by atoms with Gasteiger partial charge in [0, 0.05) is 31.5 Å². The van der Waals surface area contributed by atoms with Gasteiger partial charge in [0.05, 0.1) is 0 Å². The predicted octanol–water partition coefficient (Wildman–Crippen LogP) is 3.27. The van der Waals surface area contributed by atoms with Crippen LogP contribution in [-0.2, 0) is 4.79 Å². The minimum atomic E-state index is -1.41. The van der Waals surface area contributed by atoms with Gasteiger partial charge in [-0.2, -0.15) is 0 Å². The molecule has 0 unspecified atom stereocenters. The van der Waals surface area contributed by atoms with Crippen molar-refractivity contribution in [3.05, 3.63) is 65.5 Å². The molecule has 0 atom stereocenters. The Morgan fingerprint density at radius 1 is 1.04 bits per heavy atom. The van der Waals surface area contributed by atoms with Crippen LogP contribution in [0.3, 0.4) is 0 Å². The lowest BCUT2D eigenvalue weighted by molar-refractivity contribution is -0.159. The molecule has 1 heterocycles. The first-order chi connectivity index (χ1) is 12.4. The van der Waals surface area contributed by atoms with Gasteiger partial charge < -0.3 is 14.7 Å². The zero-order valence-electron chi connectivity index (χ0n) is 14.4. The summed E-state index contributed by atoms with van der Waals surface area (Å²) in [7, 11) is 0. The maximum Gasteiger partial charge on any atom is 0.348 e. The van der Waals surface area contributed by atoms with Crippen molar-refractivity contribution in [3.63, 3.8) is 0 Å². The van der Waals surface area contributed by atoms with Gasteiger partial charge in [0.2, 0.25) is 5.60 Å². The highest BCUT2D eigenvalue weighted by Crippen LogP contribution is 2.30. The average Bonchev–Trinajstić information content (AvgIpc) is 2.64. The monoisotopic (exact) mass is 357 g/mol. The summed E-state index contributed by atoms with van der Waals surface area (Å²) < 4.78 is 18.7. The summed E-state index contributed by atoms with van der Waals surface area (Å²) in [6.07, 6.45) is 0.328. The van der Waals surface area contributed by atoms with Crippen molar-refractivity contribution in [3.8, 4) is 5.75 Å². The number of piperidine rings is 1. The first-order valence-corrected chi connectivity index (χ1v) is 8.43. The van der Waals surface area contributed by atoms with Gasteiger partial charge in [-0.3, -0.25) is 4.79 Å². The quantitative estimate of drug-likeness (QED) is 0.912. The van der Waals surface area contributed by atoms with Crippen LogP contribution in [0.15, 0.2) is 48.5 Å². The highest BCUT2D eigenvalue weighted by molar-refractivity contribution is 5.94. The van der Waals surface area contributed by atoms with Crippen LogP contribution in [0.1, 0.15) is 28.8 Å². The number of hydrogen-bond acceptors (Lipinski definition) is 3. The fourth-order valence-electron chi connectivity index (χ4n) is 3.04. The van der Waals surface area contributed by atoms with Gasteiger partial charge in [-0.15, -0.1) is 0 Å². The van der Waals surface area contributed by atoms with Crippen LogP contribution in [0, 0.1) is 12.7 Å². The van der Waals surface area contributed by atoms with Crippen molar-refractivity contribution < 1.29 is 23.8 Å². The molecule has 0 spiro atoms. The predicted molar refractivity (Wildman–Crippen MR) is 93.7 cm³/mol. The fourth-order valence-corrected chi connectivity index (χ4v) is 3.04. The van der Waals surface area contributed by atoms with E-state index in [9.17, 15) is 19.1 Å². The van der Waals surface area contributed by atoms with Crippen LogP contribution in [0.25, 0.3) is 0 Å². The summed E-state index contributed by atoms with van der Waals surface area (Å²) in [5.74, 6) is -1.32. The van der Waals surface area contributed by atoms with Gasteiger partial charge in [0.15, 0.2) is 0 Å². The molecule has 0 bridgehead atoms. The summed E-state index contributed by atoms with van der Waals surface area (Å²) in [6, 6.07) is 12.5. The number of nitrogens with zero attached hydrogens (tertiary/aromatic N) is 1. The lowest BCUT2D eigenvalue weighted by Gasteiger charge is -2.38. The van der Waals surface area contributed by atoms with Gasteiger partial charge in [0.25, 0.3) is 5.91 Å². The number of carbonyl (C=O) groups is 2. The van der Waals surface area contributed by atoms with Crippen LogP contribution in [0.2, 0.25) is 0 Å². The van der Waals surface area contributed by atoms with Crippen molar-refractivity contribution in [2.24, 2.45) is 0 Å². The van der Waals surface area contributed by atoms with Crippen molar-refractivity contribution >= 4 is 11.9 Å². The number of benzene rings is 2. The molecule has 0 radical (unpaired) electrons. The third-order valence-corrected chi connectivity index (χ3v) is 4.67. The molecule has 1 N–H and O–H groups in total. The molecule has 1 fully saturated rings. The standard InChI is InChI=1S/C20H20FNO4/c1-14-2-4-15(5-3-14)18(23)22-12-10-20(11-13-22,19(24)25)26-17-8-6-16(21)7-9-17/h2-9H,10-13H2,1H3,(H,24,25). The molecule has 0 saturated carbocycles. The largest absolute Gasteiger partial charge is 0.478 e. The van der Waals surface area contributed by atoms with E-state index in [-0.39, 0.29) is 31.8 Å². The zero-order chi connectivity index (χ0) is 18.7. The summed E-state index contributed by atoms with van der Waals surface area (Å²) in [5, 5.41) is 9.67. The Kier molecular flexibility index (Phi) is 4.93. The second-order valence-corrected chi connectivity index (χ2v) is 6.51. The second-order valence-electron chi connectivity index (χ2n) is 6.51. The zero-order valence-corrected chi connectivity index (χ0v) is 14.4. The van der Waals surface area contributed by atoms with E-state index in [2.05, 4.69) is 0 Å². The average molecular weight is 357 g/mol. The second kappa shape index (κ2) is 7.15. The topological polar surface area (TPSA) is 66.8 Å². The maximum absolute atomic E-state index is 13.0. The lowest BCUT2D eigenvalue weighted by Crippen LogP contribution is -2.54. The smallest absolute Gasteiger partial charge is 0.348 e. The molecule has 1 amide bonds. The normalized spacial score (nSPS) is 16.2. The summed E-state index contributed by atoms with van der Waals surface area (Å²) >= 11 is 0. The highest BCUT2D eigenvalue weighted by atomic mass is 19.1. The number of halogens is 1. The molecule has 5 nitrogen and oxygen atoms in total. The number of aliphatic carboxylic acids is 1. The van der Waals surface area contributed by atoms with E-state index in [1.807, 2.05) is 19.1 Å². The first-order valence-electron chi connectivity index (χ1n) is 8.43. The summed E-state index contributed by atoms with van der Waals surface area (Å²) in [6.45, 7) is 2.50. The molecule has 1 aliphatic rings. The van der Waals surface area contributed by atoms with Crippen LogP contribution in [-0.4, -0.2) is 40.6 Å². The number of carboxylic acid groups (broad SMARTS) is 1. The highest BCUT2D eigenvalue weighted by Gasteiger charge is 2.45. The first kappa shape index (κ1) is 17.9. The number of likely N-dealkylation sites (tertiary alicyclic amines) is 1. The van der Waals surface area contributed by atoms with E-state index < -0.39 is 17.4 Å². The van der Waals surface area contributed by atoms with Crippen molar-refractivity contribution in [1.82, 2.24) is 4.90 Å². The third kappa shape index (κ3) is 3.69. The Balaban J connectivity index is 1.71. The van der Waals surface area contributed by atoms with E-state index in [4.69, 9.17) is 4.74 Å². The number of ether oxygens (including phenoxy) is 1. The molecule has 2 aromatic rings. The number of aryl methyl sites for hydroxylation is 1. The van der Waals surface area contributed by atoms with Gasteiger partial charge >= 0.3 is 5.97 Å². The van der Waals surface area contributed by atoms with E-state index in [0.717, 1.165) is 5.56 Å². The lowest BCUT2D eigenvalue weighted by atomic mass is 9.90. The SMILES string of the molecule is Cc1ccc(C(=O)N2CCC(Oc3ccc(F)cc3)(C(=O)O)CC2)cc1. The van der Waals surface area contributed by atoms with Crippen LogP contribution < -0.4 is 4.74 Å². The van der Waals surface area contributed by atoms with E-state index in [0.29, 0.717) is 11.3 Å². The number of rotatable bonds is 4. The Morgan fingerprint density at radius 2 is 1.62 bits per heavy atom. The van der Waals surface area contributed by atoms with E-state index >= 15 is 0 Å². The van der Waals surface area contributed by atoms with E-state index in [1.54, 1.807) is 17.0 Å². The molecule has 3 rings (SSSR count). The van der Waals surface area contributed by atoms with Crippen LogP contribution in [0.5, 0.6) is 5.75 Å². The molecule has 1 aliphatic heterocycles. The minimum Gasteiger partial charge on any atom is -0.478 e. The molecule has 0 aliphatic carbocycles. The number of carboxylic acids is 1. The molecule has 2 aromatic carbocycles. The van der Waals surface area contributed by atoms with E-state index in [1.165, 1.54) is 24.3 Å². The molecular weight excluding hydrogens is 337 g/mol. The number of carbonyl (C=O) groups excluding carboxylic acids is 1. The van der Waals surface area contributed by atoms with Crippen LogP contribution >= 0.6 is 0 Å². The summed E-state index contributed by atoms with van der Waals surface area (Å²) in [5.41, 5.74) is 0.234. The van der Waals surface area contributed by atoms with Crippen molar-refractivity contribution in [2.45, 2.75) is 25.4 Å². The molecule has 0 aromatic heterocycles. The summed E-state index contributed by atoms with van der Waals surface area (Å²) in [4.78, 5) is 26.1. The molecule has 26 heavy (non-hydrogen) atoms. The Labute approximate surface area is 151 Å². The van der Waals surface area contributed by atoms with Gasteiger partial charge in [-0.05, 0) is 43.3 Å². The van der Waals surface area contributed by atoms with Gasteiger partial charge in [0.1, 0.15) is 11.6 Å².